The Kier molecular flexibility index (Phi) is 3.30. The lowest BCUT2D eigenvalue weighted by Gasteiger charge is -2.01. The number of hydrogen-bond acceptors (Lipinski definition) is 6. The lowest BCUT2D eigenvalue weighted by atomic mass is 10.2. The number of aromatic nitrogens is 5. The molecular formula is C12H10N6OS. The van der Waals surface area contributed by atoms with Crippen molar-refractivity contribution >= 4 is 23.3 Å². The van der Waals surface area contributed by atoms with Crippen molar-refractivity contribution in [2.75, 3.05) is 5.75 Å². The molecule has 3 rings (SSSR count). The van der Waals surface area contributed by atoms with E-state index in [2.05, 4.69) is 20.3 Å². The highest BCUT2D eigenvalue weighted by molar-refractivity contribution is 7.99. The molecule has 0 aliphatic carbocycles. The molecule has 0 bridgehead atoms. The Morgan fingerprint density at radius 1 is 1.30 bits per heavy atom. The van der Waals surface area contributed by atoms with Crippen LogP contribution in [-0.4, -0.2) is 36.5 Å². The van der Waals surface area contributed by atoms with Crippen molar-refractivity contribution in [2.24, 2.45) is 5.73 Å². The van der Waals surface area contributed by atoms with Crippen molar-refractivity contribution in [3.05, 3.63) is 36.7 Å². The molecule has 0 saturated carbocycles. The molecule has 0 aliphatic rings. The fourth-order valence-electron chi connectivity index (χ4n) is 1.66. The van der Waals surface area contributed by atoms with E-state index in [1.807, 2.05) is 24.3 Å². The molecule has 3 aromatic heterocycles. The molecule has 1 amide bonds. The summed E-state index contributed by atoms with van der Waals surface area (Å²) in [7, 11) is 0. The largest absolute Gasteiger partial charge is 0.369 e. The average Bonchev–Trinajstić information content (AvgIpc) is 2.88. The van der Waals surface area contributed by atoms with Gasteiger partial charge in [-0.15, -0.1) is 10.2 Å². The highest BCUT2D eigenvalue weighted by Crippen LogP contribution is 2.19. The molecule has 2 N–H and O–H groups in total. The molecule has 3 aromatic rings. The van der Waals surface area contributed by atoms with E-state index >= 15 is 0 Å². The van der Waals surface area contributed by atoms with Crippen molar-refractivity contribution in [3.63, 3.8) is 0 Å². The Bertz CT molecular complexity index is 757. The van der Waals surface area contributed by atoms with Gasteiger partial charge in [0.05, 0.1) is 11.4 Å². The third-order valence-electron chi connectivity index (χ3n) is 2.54. The maximum absolute atomic E-state index is 10.8. The normalized spacial score (nSPS) is 10.8. The van der Waals surface area contributed by atoms with E-state index in [0.29, 0.717) is 10.8 Å². The van der Waals surface area contributed by atoms with Gasteiger partial charge in [0.1, 0.15) is 0 Å². The first kappa shape index (κ1) is 12.5. The fraction of sp³-hybridized carbons (Fsp3) is 0.0833. The van der Waals surface area contributed by atoms with E-state index in [1.54, 1.807) is 16.9 Å². The van der Waals surface area contributed by atoms with Crippen LogP contribution < -0.4 is 5.73 Å². The van der Waals surface area contributed by atoms with Crippen molar-refractivity contribution in [3.8, 4) is 11.3 Å². The first-order valence-corrected chi connectivity index (χ1v) is 6.76. The van der Waals surface area contributed by atoms with Gasteiger partial charge in [0.15, 0.2) is 5.65 Å². The molecular weight excluding hydrogens is 276 g/mol. The Hall–Kier alpha value is -2.48. The number of rotatable bonds is 4. The topological polar surface area (TPSA) is 99.1 Å². The van der Waals surface area contributed by atoms with Crippen molar-refractivity contribution in [1.82, 2.24) is 24.8 Å². The van der Waals surface area contributed by atoms with Gasteiger partial charge in [0.2, 0.25) is 11.1 Å². The molecule has 0 atom stereocenters. The summed E-state index contributed by atoms with van der Waals surface area (Å²) in [6, 6.07) is 7.43. The minimum atomic E-state index is -0.407. The molecule has 3 heterocycles. The van der Waals surface area contributed by atoms with Crippen LogP contribution in [0, 0.1) is 0 Å². The van der Waals surface area contributed by atoms with Crippen molar-refractivity contribution < 1.29 is 4.79 Å². The maximum atomic E-state index is 10.8. The van der Waals surface area contributed by atoms with Crippen LogP contribution in [0.25, 0.3) is 16.9 Å². The maximum Gasteiger partial charge on any atom is 0.227 e. The number of hydrogen-bond donors (Lipinski definition) is 1. The first-order chi connectivity index (χ1) is 9.74. The van der Waals surface area contributed by atoms with Crippen molar-refractivity contribution in [2.45, 2.75) is 5.16 Å². The molecule has 20 heavy (non-hydrogen) atoms. The molecule has 0 radical (unpaired) electrons. The van der Waals surface area contributed by atoms with Crippen LogP contribution in [0.4, 0.5) is 0 Å². The third-order valence-corrected chi connectivity index (χ3v) is 3.48. The summed E-state index contributed by atoms with van der Waals surface area (Å²) in [5.74, 6) is -0.269. The van der Waals surface area contributed by atoms with Crippen LogP contribution >= 0.6 is 11.8 Å². The molecule has 0 spiro atoms. The molecule has 0 fully saturated rings. The van der Waals surface area contributed by atoms with Crippen LogP contribution in [0.2, 0.25) is 0 Å². The van der Waals surface area contributed by atoms with E-state index in [4.69, 9.17) is 5.73 Å². The summed E-state index contributed by atoms with van der Waals surface area (Å²) < 4.78 is 1.59. The van der Waals surface area contributed by atoms with E-state index < -0.39 is 5.91 Å². The van der Waals surface area contributed by atoms with Crippen LogP contribution in [0.3, 0.4) is 0 Å². The first-order valence-electron chi connectivity index (χ1n) is 5.78. The quantitative estimate of drug-likeness (QED) is 0.711. The Labute approximate surface area is 118 Å². The number of nitrogens with zero attached hydrogens (tertiary/aromatic N) is 5. The predicted molar refractivity (Wildman–Crippen MR) is 73.9 cm³/mol. The number of nitrogens with two attached hydrogens (primary N) is 1. The summed E-state index contributed by atoms with van der Waals surface area (Å²) in [5, 5.41) is 13.0. The minimum absolute atomic E-state index is 0.138. The fourth-order valence-corrected chi connectivity index (χ4v) is 2.29. The second kappa shape index (κ2) is 5.25. The van der Waals surface area contributed by atoms with Crippen LogP contribution in [0.5, 0.6) is 0 Å². The Morgan fingerprint density at radius 2 is 2.20 bits per heavy atom. The summed E-state index contributed by atoms with van der Waals surface area (Å²) >= 11 is 1.21. The summed E-state index contributed by atoms with van der Waals surface area (Å²) in [6.07, 6.45) is 3.43. The number of carbonyl (C=O) groups excluding carboxylic acids is 1. The highest BCUT2D eigenvalue weighted by atomic mass is 32.2. The number of primary amides is 1. The molecule has 100 valence electrons. The number of carbonyl (C=O) groups is 1. The second-order valence-corrected chi connectivity index (χ2v) is 4.91. The number of amides is 1. The smallest absolute Gasteiger partial charge is 0.227 e. The summed E-state index contributed by atoms with van der Waals surface area (Å²) in [6.45, 7) is 0. The van der Waals surface area contributed by atoms with Gasteiger partial charge in [-0.1, -0.05) is 11.8 Å². The van der Waals surface area contributed by atoms with Gasteiger partial charge in [-0.25, -0.2) is 0 Å². The van der Waals surface area contributed by atoms with Gasteiger partial charge in [-0.2, -0.15) is 9.61 Å². The van der Waals surface area contributed by atoms with Gasteiger partial charge < -0.3 is 5.73 Å². The zero-order valence-electron chi connectivity index (χ0n) is 10.3. The van der Waals surface area contributed by atoms with Gasteiger partial charge in [-0.05, 0) is 24.3 Å². The average molecular weight is 286 g/mol. The van der Waals surface area contributed by atoms with Gasteiger partial charge >= 0.3 is 0 Å². The lowest BCUT2D eigenvalue weighted by molar-refractivity contribution is -0.115. The Balaban J connectivity index is 2.01. The summed E-state index contributed by atoms with van der Waals surface area (Å²) in [4.78, 5) is 14.9. The molecule has 0 saturated heterocycles. The van der Waals surface area contributed by atoms with Crippen molar-refractivity contribution in [1.29, 1.82) is 0 Å². The monoisotopic (exact) mass is 286 g/mol. The van der Waals surface area contributed by atoms with Crippen LogP contribution in [-0.2, 0) is 4.79 Å². The number of thioether (sulfide) groups is 1. The number of fused-ring (bicyclic) bond motifs is 1. The second-order valence-electron chi connectivity index (χ2n) is 3.97. The highest BCUT2D eigenvalue weighted by Gasteiger charge is 2.10. The van der Waals surface area contributed by atoms with Crippen LogP contribution in [0.15, 0.2) is 41.8 Å². The zero-order valence-corrected chi connectivity index (χ0v) is 11.1. The van der Waals surface area contributed by atoms with Gasteiger partial charge in [0.25, 0.3) is 0 Å². The van der Waals surface area contributed by atoms with Crippen LogP contribution in [0.1, 0.15) is 0 Å². The van der Waals surface area contributed by atoms with E-state index in [1.165, 1.54) is 11.8 Å². The summed E-state index contributed by atoms with van der Waals surface area (Å²) in [5.41, 5.74) is 7.40. The van der Waals surface area contributed by atoms with E-state index in [9.17, 15) is 4.79 Å². The van der Waals surface area contributed by atoms with Gasteiger partial charge in [0, 0.05) is 18.0 Å². The van der Waals surface area contributed by atoms with Gasteiger partial charge in [-0.3, -0.25) is 9.78 Å². The number of pyridine rings is 1. The SMILES string of the molecule is NC(=O)CSc1nnc2ccc(-c3cccnc3)nn12. The molecule has 0 aromatic carbocycles. The van der Waals surface area contributed by atoms with E-state index in [0.717, 1.165) is 11.3 Å². The molecule has 8 heteroatoms. The Morgan fingerprint density at radius 3 is 2.95 bits per heavy atom. The predicted octanol–water partition coefficient (Wildman–Crippen LogP) is 0.764. The molecule has 7 nitrogen and oxygen atoms in total. The lowest BCUT2D eigenvalue weighted by Crippen LogP contribution is -2.13. The third kappa shape index (κ3) is 2.45. The molecule has 0 unspecified atom stereocenters. The standard InChI is InChI=1S/C12H10N6OS/c13-10(19)7-20-12-16-15-11-4-3-9(17-18(11)12)8-2-1-5-14-6-8/h1-6H,7H2,(H2,13,19). The van der Waals surface area contributed by atoms with E-state index in [-0.39, 0.29) is 5.75 Å². The molecule has 0 aliphatic heterocycles. The zero-order chi connectivity index (χ0) is 13.9. The minimum Gasteiger partial charge on any atom is -0.369 e.